The summed E-state index contributed by atoms with van der Waals surface area (Å²) in [6.45, 7) is 7.77. The van der Waals surface area contributed by atoms with E-state index in [1.54, 1.807) is 6.08 Å². The maximum Gasteiger partial charge on any atom is 0.290 e. The summed E-state index contributed by atoms with van der Waals surface area (Å²) in [7, 11) is 0. The predicted molar refractivity (Wildman–Crippen MR) is 135 cm³/mol. The zero-order valence-corrected chi connectivity index (χ0v) is 19.4. The third-order valence-electron chi connectivity index (χ3n) is 6.16. The summed E-state index contributed by atoms with van der Waals surface area (Å²) in [5.41, 5.74) is 5.24. The van der Waals surface area contributed by atoms with Gasteiger partial charge in [0, 0.05) is 43.4 Å². The van der Waals surface area contributed by atoms with Gasteiger partial charge in [-0.15, -0.1) is 0 Å². The molecule has 1 N–H and O–H groups in total. The predicted octanol–water partition coefficient (Wildman–Crippen LogP) is 4.76. The van der Waals surface area contributed by atoms with Crippen molar-refractivity contribution < 1.29 is 9.59 Å². The number of anilines is 1. The summed E-state index contributed by atoms with van der Waals surface area (Å²) in [5, 5.41) is 2.98. The first-order valence-electron chi connectivity index (χ1n) is 11.3. The molecule has 0 spiro atoms. The zero-order valence-electron chi connectivity index (χ0n) is 18.6. The quantitative estimate of drug-likeness (QED) is 0.556. The van der Waals surface area contributed by atoms with Gasteiger partial charge < -0.3 is 4.90 Å². The van der Waals surface area contributed by atoms with E-state index in [1.165, 1.54) is 18.7 Å². The van der Waals surface area contributed by atoms with Gasteiger partial charge in [-0.3, -0.25) is 24.8 Å². The molecule has 0 radical (unpaired) electrons. The van der Waals surface area contributed by atoms with E-state index in [0.29, 0.717) is 4.91 Å². The van der Waals surface area contributed by atoms with E-state index in [2.05, 4.69) is 51.3 Å². The SMILES string of the molecule is CCCN1CCN(c2ccc(-c3ccnc4ccc(C=C5SC(=O)NC5=O)cc34)cc2)CC1. The van der Waals surface area contributed by atoms with Crippen LogP contribution in [0.1, 0.15) is 18.9 Å². The van der Waals surface area contributed by atoms with Gasteiger partial charge in [0.2, 0.25) is 0 Å². The number of fused-ring (bicyclic) bond motifs is 1. The molecule has 2 aromatic carbocycles. The fourth-order valence-electron chi connectivity index (χ4n) is 4.48. The molecule has 2 saturated heterocycles. The summed E-state index contributed by atoms with van der Waals surface area (Å²) < 4.78 is 0. The fraction of sp³-hybridized carbons (Fsp3) is 0.269. The lowest BCUT2D eigenvalue weighted by molar-refractivity contribution is -0.115. The summed E-state index contributed by atoms with van der Waals surface area (Å²) in [4.78, 5) is 33.3. The molecule has 0 aliphatic carbocycles. The molecular weight excluding hydrogens is 432 g/mol. The van der Waals surface area contributed by atoms with Crippen molar-refractivity contribution in [3.63, 3.8) is 0 Å². The van der Waals surface area contributed by atoms with Crippen molar-refractivity contribution in [1.82, 2.24) is 15.2 Å². The number of amides is 2. The van der Waals surface area contributed by atoms with Crippen molar-refractivity contribution in [2.75, 3.05) is 37.6 Å². The molecule has 3 aromatic rings. The largest absolute Gasteiger partial charge is 0.369 e. The van der Waals surface area contributed by atoms with E-state index in [4.69, 9.17) is 0 Å². The topological polar surface area (TPSA) is 65.5 Å². The summed E-state index contributed by atoms with van der Waals surface area (Å²) in [6.07, 6.45) is 4.79. The van der Waals surface area contributed by atoms with Gasteiger partial charge in [0.25, 0.3) is 11.1 Å². The van der Waals surface area contributed by atoms with Crippen LogP contribution in [0.15, 0.2) is 59.6 Å². The van der Waals surface area contributed by atoms with Crippen molar-refractivity contribution in [3.05, 3.63) is 65.2 Å². The van der Waals surface area contributed by atoms with Crippen LogP contribution in [0.4, 0.5) is 10.5 Å². The third kappa shape index (κ3) is 4.65. The highest BCUT2D eigenvalue weighted by atomic mass is 32.2. The number of carbonyl (C=O) groups excluding carboxylic acids is 2. The summed E-state index contributed by atoms with van der Waals surface area (Å²) in [5.74, 6) is -0.345. The number of hydrogen-bond donors (Lipinski definition) is 1. The van der Waals surface area contributed by atoms with Crippen LogP contribution in [0.3, 0.4) is 0 Å². The van der Waals surface area contributed by atoms with Gasteiger partial charge in [-0.2, -0.15) is 0 Å². The highest BCUT2D eigenvalue weighted by molar-refractivity contribution is 8.18. The Labute approximate surface area is 197 Å². The minimum atomic E-state index is -0.345. The monoisotopic (exact) mass is 458 g/mol. The molecule has 6 nitrogen and oxygen atoms in total. The standard InChI is InChI=1S/C26H26N4O2S/c1-2-11-29-12-14-30(15-13-29)20-6-4-19(5-7-20)21-9-10-27-23-8-3-18(16-22(21)23)17-24-25(31)28-26(32)33-24/h3-10,16-17H,2,11-15H2,1H3,(H,28,31,32). The molecule has 168 valence electrons. The number of nitrogens with one attached hydrogen (secondary N) is 1. The summed E-state index contributed by atoms with van der Waals surface area (Å²) in [6, 6.07) is 16.7. The average molecular weight is 459 g/mol. The molecule has 0 unspecified atom stereocenters. The number of imide groups is 1. The van der Waals surface area contributed by atoms with E-state index in [-0.39, 0.29) is 11.1 Å². The van der Waals surface area contributed by atoms with E-state index < -0.39 is 0 Å². The van der Waals surface area contributed by atoms with Gasteiger partial charge in [-0.05, 0) is 77.8 Å². The van der Waals surface area contributed by atoms with Crippen molar-refractivity contribution >= 4 is 45.6 Å². The van der Waals surface area contributed by atoms with Crippen molar-refractivity contribution in [1.29, 1.82) is 0 Å². The highest BCUT2D eigenvalue weighted by Gasteiger charge is 2.25. The highest BCUT2D eigenvalue weighted by Crippen LogP contribution is 2.32. The normalized spacial score (nSPS) is 18.3. The van der Waals surface area contributed by atoms with Gasteiger partial charge in [-0.1, -0.05) is 25.1 Å². The molecule has 3 heterocycles. The van der Waals surface area contributed by atoms with Crippen LogP contribution in [0, 0.1) is 0 Å². The minimum absolute atomic E-state index is 0.332. The lowest BCUT2D eigenvalue weighted by Gasteiger charge is -2.36. The molecule has 2 aliphatic rings. The first-order chi connectivity index (χ1) is 16.1. The van der Waals surface area contributed by atoms with Crippen LogP contribution in [-0.2, 0) is 4.79 Å². The van der Waals surface area contributed by atoms with Gasteiger partial charge in [-0.25, -0.2) is 0 Å². The Morgan fingerprint density at radius 2 is 1.82 bits per heavy atom. The molecule has 33 heavy (non-hydrogen) atoms. The molecular formula is C26H26N4O2S. The number of benzene rings is 2. The molecule has 2 fully saturated rings. The number of thioether (sulfide) groups is 1. The minimum Gasteiger partial charge on any atom is -0.369 e. The van der Waals surface area contributed by atoms with Gasteiger partial charge in [0.15, 0.2) is 0 Å². The van der Waals surface area contributed by atoms with E-state index in [1.807, 2.05) is 30.5 Å². The average Bonchev–Trinajstić information content (AvgIpc) is 3.16. The lowest BCUT2D eigenvalue weighted by atomic mass is 9.99. The van der Waals surface area contributed by atoms with E-state index >= 15 is 0 Å². The molecule has 0 atom stereocenters. The van der Waals surface area contributed by atoms with E-state index in [9.17, 15) is 9.59 Å². The number of pyridine rings is 1. The Morgan fingerprint density at radius 1 is 1.03 bits per heavy atom. The van der Waals surface area contributed by atoms with Crippen LogP contribution >= 0.6 is 11.8 Å². The number of rotatable bonds is 5. The van der Waals surface area contributed by atoms with Crippen LogP contribution in [-0.4, -0.2) is 53.8 Å². The maximum atomic E-state index is 11.9. The number of carbonyl (C=O) groups is 2. The maximum absolute atomic E-state index is 11.9. The van der Waals surface area contributed by atoms with Crippen LogP contribution in [0.5, 0.6) is 0 Å². The van der Waals surface area contributed by atoms with Crippen LogP contribution < -0.4 is 10.2 Å². The first kappa shape index (κ1) is 21.7. The Hall–Kier alpha value is -3.16. The number of nitrogens with zero attached hydrogens (tertiary/aromatic N) is 3. The second kappa shape index (κ2) is 9.37. The first-order valence-corrected chi connectivity index (χ1v) is 12.1. The second-order valence-electron chi connectivity index (χ2n) is 8.36. The molecule has 2 aliphatic heterocycles. The summed E-state index contributed by atoms with van der Waals surface area (Å²) >= 11 is 0.931. The smallest absolute Gasteiger partial charge is 0.290 e. The Bertz CT molecular complexity index is 1230. The lowest BCUT2D eigenvalue weighted by Crippen LogP contribution is -2.46. The Kier molecular flexibility index (Phi) is 6.15. The third-order valence-corrected chi connectivity index (χ3v) is 6.97. The Morgan fingerprint density at radius 3 is 2.52 bits per heavy atom. The molecule has 0 bridgehead atoms. The van der Waals surface area contributed by atoms with E-state index in [0.717, 1.165) is 65.5 Å². The van der Waals surface area contributed by atoms with Gasteiger partial charge >= 0.3 is 0 Å². The van der Waals surface area contributed by atoms with Crippen molar-refractivity contribution in [3.8, 4) is 11.1 Å². The van der Waals surface area contributed by atoms with Crippen molar-refractivity contribution in [2.24, 2.45) is 0 Å². The van der Waals surface area contributed by atoms with Gasteiger partial charge in [0.05, 0.1) is 10.4 Å². The Balaban J connectivity index is 1.41. The van der Waals surface area contributed by atoms with Crippen molar-refractivity contribution in [2.45, 2.75) is 13.3 Å². The zero-order chi connectivity index (χ0) is 22.8. The van der Waals surface area contributed by atoms with Crippen LogP contribution in [0.25, 0.3) is 28.1 Å². The van der Waals surface area contributed by atoms with Crippen LogP contribution in [0.2, 0.25) is 0 Å². The molecule has 0 saturated carbocycles. The number of piperazine rings is 1. The number of hydrogen-bond acceptors (Lipinski definition) is 6. The number of aromatic nitrogens is 1. The fourth-order valence-corrected chi connectivity index (χ4v) is 5.16. The molecule has 5 rings (SSSR count). The second-order valence-corrected chi connectivity index (χ2v) is 9.38. The molecule has 7 heteroatoms. The molecule has 2 amide bonds. The van der Waals surface area contributed by atoms with Gasteiger partial charge in [0.1, 0.15) is 0 Å². The molecule has 1 aromatic heterocycles.